The molecule has 1 rings (SSSR count). The van der Waals surface area contributed by atoms with Gasteiger partial charge in [0.05, 0.1) is 6.61 Å². The van der Waals surface area contributed by atoms with Gasteiger partial charge in [0.15, 0.2) is 0 Å². The highest BCUT2D eigenvalue weighted by atomic mass is 16.5. The Morgan fingerprint density at radius 2 is 2.58 bits per heavy atom. The van der Waals surface area contributed by atoms with Gasteiger partial charge in [-0.25, -0.2) is 0 Å². The molecule has 0 unspecified atom stereocenters. The monoisotopic (exact) mass is 164 g/mol. The highest BCUT2D eigenvalue weighted by molar-refractivity contribution is 6.31. The molecule has 1 aromatic rings. The third kappa shape index (κ3) is 2.41. The Labute approximate surface area is 71.9 Å². The van der Waals surface area contributed by atoms with Gasteiger partial charge in [-0.05, 0) is 6.92 Å². The third-order valence-corrected chi connectivity index (χ3v) is 1.25. The molecular weight excluding hydrogens is 155 g/mol. The summed E-state index contributed by atoms with van der Waals surface area (Å²) < 4.78 is 6.15. The van der Waals surface area contributed by atoms with Crippen LogP contribution in [0, 0.1) is 0 Å². The first-order valence-corrected chi connectivity index (χ1v) is 3.66. The number of hydrogen-bond acceptors (Lipinski definition) is 3. The maximum Gasteiger partial charge on any atom is 0.327 e. The SMILES string of the molecule is [B]c1cnn(CC(=O)OCC)c1. The van der Waals surface area contributed by atoms with Crippen LogP contribution >= 0.6 is 0 Å². The van der Waals surface area contributed by atoms with Gasteiger partial charge < -0.3 is 4.74 Å². The Morgan fingerprint density at radius 1 is 1.83 bits per heavy atom. The van der Waals surface area contributed by atoms with Gasteiger partial charge >= 0.3 is 5.97 Å². The van der Waals surface area contributed by atoms with Crippen molar-refractivity contribution in [2.45, 2.75) is 13.5 Å². The minimum atomic E-state index is -0.305. The van der Waals surface area contributed by atoms with Crippen LogP contribution in [0.2, 0.25) is 0 Å². The van der Waals surface area contributed by atoms with E-state index in [0.29, 0.717) is 12.1 Å². The number of hydrogen-bond donors (Lipinski definition) is 0. The molecule has 0 aliphatic rings. The summed E-state index contributed by atoms with van der Waals surface area (Å²) in [7, 11) is 5.39. The van der Waals surface area contributed by atoms with Gasteiger partial charge in [-0.15, -0.1) is 0 Å². The van der Waals surface area contributed by atoms with Crippen molar-refractivity contribution in [3.8, 4) is 0 Å². The summed E-state index contributed by atoms with van der Waals surface area (Å²) in [6, 6.07) is 0. The maximum absolute atomic E-state index is 10.9. The third-order valence-electron chi connectivity index (χ3n) is 1.25. The zero-order valence-electron chi connectivity index (χ0n) is 6.86. The summed E-state index contributed by atoms with van der Waals surface area (Å²) >= 11 is 0. The van der Waals surface area contributed by atoms with E-state index < -0.39 is 0 Å². The van der Waals surface area contributed by atoms with Crippen molar-refractivity contribution in [3.05, 3.63) is 12.4 Å². The van der Waals surface area contributed by atoms with Crippen LogP contribution in [0.3, 0.4) is 0 Å². The van der Waals surface area contributed by atoms with Crippen molar-refractivity contribution in [2.75, 3.05) is 6.61 Å². The predicted molar refractivity (Wildman–Crippen MR) is 44.2 cm³/mol. The number of carbonyl (C=O) groups excluding carboxylic acids is 1. The first kappa shape index (κ1) is 8.84. The van der Waals surface area contributed by atoms with Crippen LogP contribution in [-0.4, -0.2) is 30.2 Å². The number of aromatic nitrogens is 2. The molecule has 1 aromatic heterocycles. The van der Waals surface area contributed by atoms with E-state index in [1.807, 2.05) is 0 Å². The van der Waals surface area contributed by atoms with Crippen molar-refractivity contribution < 1.29 is 9.53 Å². The van der Waals surface area contributed by atoms with Gasteiger partial charge in [-0.2, -0.15) is 5.10 Å². The van der Waals surface area contributed by atoms with Crippen molar-refractivity contribution >= 4 is 19.3 Å². The van der Waals surface area contributed by atoms with E-state index in [2.05, 4.69) is 5.10 Å². The highest BCUT2D eigenvalue weighted by Crippen LogP contribution is 1.85. The zero-order chi connectivity index (χ0) is 8.97. The molecule has 1 heterocycles. The molecule has 0 saturated carbocycles. The van der Waals surface area contributed by atoms with Crippen LogP contribution in [0.5, 0.6) is 0 Å². The second-order valence-corrected chi connectivity index (χ2v) is 2.28. The minimum absolute atomic E-state index is 0.116. The van der Waals surface area contributed by atoms with Gasteiger partial charge in [-0.1, -0.05) is 5.46 Å². The summed E-state index contributed by atoms with van der Waals surface area (Å²) in [6.07, 6.45) is 3.07. The average Bonchev–Trinajstić information content (AvgIpc) is 2.36. The molecule has 0 aliphatic carbocycles. The van der Waals surface area contributed by atoms with Crippen LogP contribution in [0.4, 0.5) is 0 Å². The first-order chi connectivity index (χ1) is 5.72. The lowest BCUT2D eigenvalue weighted by atomic mass is 10.0. The number of ether oxygens (including phenoxy) is 1. The lowest BCUT2D eigenvalue weighted by Crippen LogP contribution is -2.14. The smallest absolute Gasteiger partial charge is 0.327 e. The Balaban J connectivity index is 2.46. The average molecular weight is 164 g/mol. The van der Waals surface area contributed by atoms with E-state index in [1.54, 1.807) is 13.1 Å². The van der Waals surface area contributed by atoms with E-state index >= 15 is 0 Å². The van der Waals surface area contributed by atoms with E-state index in [4.69, 9.17) is 12.6 Å². The minimum Gasteiger partial charge on any atom is -0.465 e. The van der Waals surface area contributed by atoms with Gasteiger partial charge in [0.25, 0.3) is 0 Å². The summed E-state index contributed by atoms with van der Waals surface area (Å²) in [5, 5.41) is 3.83. The lowest BCUT2D eigenvalue weighted by molar-refractivity contribution is -0.144. The molecule has 62 valence electrons. The Morgan fingerprint density at radius 3 is 3.08 bits per heavy atom. The molecule has 0 spiro atoms. The fourth-order valence-corrected chi connectivity index (χ4v) is 0.805. The van der Waals surface area contributed by atoms with E-state index in [1.165, 1.54) is 10.9 Å². The predicted octanol–water partition coefficient (Wildman–Crippen LogP) is -0.760. The number of rotatable bonds is 3. The molecule has 0 N–H and O–H groups in total. The summed E-state index contributed by atoms with van der Waals surface area (Å²) in [5.41, 5.74) is 0.541. The second-order valence-electron chi connectivity index (χ2n) is 2.28. The molecule has 0 aliphatic heterocycles. The zero-order valence-corrected chi connectivity index (χ0v) is 6.86. The van der Waals surface area contributed by atoms with Crippen molar-refractivity contribution in [3.63, 3.8) is 0 Å². The van der Waals surface area contributed by atoms with Gasteiger partial charge in [0, 0.05) is 12.4 Å². The number of esters is 1. The summed E-state index contributed by atoms with van der Waals surface area (Å²) in [6.45, 7) is 2.26. The molecule has 5 heteroatoms. The largest absolute Gasteiger partial charge is 0.465 e. The van der Waals surface area contributed by atoms with Crippen LogP contribution in [0.1, 0.15) is 6.92 Å². The van der Waals surface area contributed by atoms with Crippen LogP contribution in [0.15, 0.2) is 12.4 Å². The van der Waals surface area contributed by atoms with Gasteiger partial charge in [0.2, 0.25) is 0 Å². The number of carbonyl (C=O) groups is 1. The van der Waals surface area contributed by atoms with E-state index in [0.717, 1.165) is 0 Å². The molecule has 2 radical (unpaired) electrons. The molecule has 0 bridgehead atoms. The van der Waals surface area contributed by atoms with Crippen molar-refractivity contribution in [2.24, 2.45) is 0 Å². The van der Waals surface area contributed by atoms with Gasteiger partial charge in [0.1, 0.15) is 14.4 Å². The maximum atomic E-state index is 10.9. The molecule has 4 nitrogen and oxygen atoms in total. The van der Waals surface area contributed by atoms with Crippen LogP contribution in [0.25, 0.3) is 0 Å². The molecule has 0 saturated heterocycles. The summed E-state index contributed by atoms with van der Waals surface area (Å²) in [5.74, 6) is -0.305. The fourth-order valence-electron chi connectivity index (χ4n) is 0.805. The van der Waals surface area contributed by atoms with E-state index in [-0.39, 0.29) is 12.5 Å². The normalized spacial score (nSPS) is 9.75. The fraction of sp³-hybridized carbons (Fsp3) is 0.429. The highest BCUT2D eigenvalue weighted by Gasteiger charge is 2.02. The second kappa shape index (κ2) is 3.94. The number of nitrogens with zero attached hydrogens (tertiary/aromatic N) is 2. The van der Waals surface area contributed by atoms with Crippen LogP contribution in [-0.2, 0) is 16.1 Å². The Hall–Kier alpha value is -1.26. The molecule has 0 atom stereocenters. The topological polar surface area (TPSA) is 44.1 Å². The molecule has 0 amide bonds. The van der Waals surface area contributed by atoms with Crippen molar-refractivity contribution in [1.29, 1.82) is 0 Å². The lowest BCUT2D eigenvalue weighted by Gasteiger charge is -2.00. The molecule has 0 fully saturated rings. The van der Waals surface area contributed by atoms with Gasteiger partial charge in [-0.3, -0.25) is 9.48 Å². The quantitative estimate of drug-likeness (QED) is 0.435. The van der Waals surface area contributed by atoms with E-state index in [9.17, 15) is 4.79 Å². The first-order valence-electron chi connectivity index (χ1n) is 3.66. The van der Waals surface area contributed by atoms with Crippen LogP contribution < -0.4 is 5.46 Å². The molecule has 12 heavy (non-hydrogen) atoms. The molecular formula is C7H9BN2O2. The summed E-state index contributed by atoms with van der Waals surface area (Å²) in [4.78, 5) is 10.9. The van der Waals surface area contributed by atoms with Crippen molar-refractivity contribution in [1.82, 2.24) is 9.78 Å². The Kier molecular flexibility index (Phi) is 2.91. The standard InChI is InChI=1S/C7H9BN2O2/c1-2-12-7(11)5-10-4-6(8)3-9-10/h3-4H,2,5H2,1H3. The molecule has 0 aromatic carbocycles. The Bertz CT molecular complexity index is 272.